The smallest absolute Gasteiger partial charge is 0.311 e. The molecule has 1 heterocycles. The second-order valence-electron chi connectivity index (χ2n) is 6.26. The highest BCUT2D eigenvalue weighted by Gasteiger charge is 2.32. The summed E-state index contributed by atoms with van der Waals surface area (Å²) in [5.41, 5.74) is 2.41. The number of aliphatic imine (C=N–C) groups is 1. The average molecular weight is 411 g/mol. The molecule has 0 bridgehead atoms. The highest BCUT2D eigenvalue weighted by molar-refractivity contribution is 8.18. The van der Waals surface area contributed by atoms with E-state index in [0.717, 1.165) is 12.1 Å². The molecule has 2 aromatic rings. The van der Waals surface area contributed by atoms with Gasteiger partial charge in [0.05, 0.1) is 22.6 Å². The molecule has 150 valence electrons. The van der Waals surface area contributed by atoms with Gasteiger partial charge in [0, 0.05) is 12.6 Å². The van der Waals surface area contributed by atoms with Crippen LogP contribution in [0.1, 0.15) is 25.0 Å². The van der Waals surface area contributed by atoms with Crippen LogP contribution >= 0.6 is 11.8 Å². The highest BCUT2D eigenvalue weighted by Crippen LogP contribution is 2.35. The number of nitro groups is 1. The van der Waals surface area contributed by atoms with Crippen molar-refractivity contribution in [3.05, 3.63) is 68.6 Å². The molecule has 0 radical (unpaired) electrons. The van der Waals surface area contributed by atoms with Crippen molar-refractivity contribution in [2.45, 2.75) is 20.3 Å². The highest BCUT2D eigenvalue weighted by atomic mass is 32.2. The van der Waals surface area contributed by atoms with Crippen LogP contribution in [0.25, 0.3) is 6.08 Å². The standard InChI is InChI=1S/C21H21N3O4S/c1-4-14-6-9-16(10-7-14)22-21-23(5-2)20(25)19(29-21)13-15-8-11-18(28-3)17(12-15)24(26)27/h6-13H,4-5H2,1-3H3. The summed E-state index contributed by atoms with van der Waals surface area (Å²) in [6.45, 7) is 4.46. The number of amides is 1. The molecule has 0 spiro atoms. The van der Waals surface area contributed by atoms with Crippen LogP contribution in [-0.2, 0) is 11.2 Å². The van der Waals surface area contributed by atoms with Crippen LogP contribution < -0.4 is 4.74 Å². The van der Waals surface area contributed by atoms with Crippen molar-refractivity contribution >= 4 is 40.3 Å². The normalized spacial score (nSPS) is 16.7. The predicted molar refractivity (Wildman–Crippen MR) is 116 cm³/mol. The number of aryl methyl sites for hydroxylation is 1. The molecule has 1 amide bonds. The Morgan fingerprint density at radius 1 is 1.21 bits per heavy atom. The van der Waals surface area contributed by atoms with Gasteiger partial charge in [-0.2, -0.15) is 0 Å². The van der Waals surface area contributed by atoms with Crippen LogP contribution in [0.2, 0.25) is 0 Å². The zero-order chi connectivity index (χ0) is 21.0. The quantitative estimate of drug-likeness (QED) is 0.388. The molecule has 0 saturated carbocycles. The van der Waals surface area contributed by atoms with Gasteiger partial charge >= 0.3 is 5.69 Å². The SMILES string of the molecule is CCc1ccc(N=C2SC(=Cc3ccc(OC)c([N+](=O)[O-])c3)C(=O)N2CC)cc1. The summed E-state index contributed by atoms with van der Waals surface area (Å²) in [5, 5.41) is 11.8. The Labute approximate surface area is 173 Å². The van der Waals surface area contributed by atoms with Crippen molar-refractivity contribution < 1.29 is 14.5 Å². The van der Waals surface area contributed by atoms with Crippen LogP contribution in [-0.4, -0.2) is 34.6 Å². The number of nitrogens with zero attached hydrogens (tertiary/aromatic N) is 3. The fourth-order valence-electron chi connectivity index (χ4n) is 2.88. The first-order valence-electron chi connectivity index (χ1n) is 9.18. The molecule has 0 aliphatic carbocycles. The van der Waals surface area contributed by atoms with E-state index in [-0.39, 0.29) is 17.3 Å². The van der Waals surface area contributed by atoms with Gasteiger partial charge in [-0.25, -0.2) is 4.99 Å². The van der Waals surface area contributed by atoms with Crippen molar-refractivity contribution in [2.24, 2.45) is 4.99 Å². The molecule has 0 N–H and O–H groups in total. The van der Waals surface area contributed by atoms with Crippen molar-refractivity contribution in [3.8, 4) is 5.75 Å². The molecule has 0 atom stereocenters. The minimum absolute atomic E-state index is 0.144. The summed E-state index contributed by atoms with van der Waals surface area (Å²) in [6.07, 6.45) is 2.59. The molecule has 0 unspecified atom stereocenters. The summed E-state index contributed by atoms with van der Waals surface area (Å²) in [5.74, 6) is 0.00964. The molecule has 1 fully saturated rings. The number of rotatable bonds is 6. The number of carbonyl (C=O) groups excluding carboxylic acids is 1. The number of nitro benzene ring substituents is 1. The molecular formula is C21H21N3O4S. The lowest BCUT2D eigenvalue weighted by atomic mass is 10.1. The Hall–Kier alpha value is -3.13. The Morgan fingerprint density at radius 3 is 2.52 bits per heavy atom. The summed E-state index contributed by atoms with van der Waals surface area (Å²) in [6, 6.07) is 12.5. The van der Waals surface area contributed by atoms with Gasteiger partial charge in [-0.05, 0) is 60.5 Å². The Bertz CT molecular complexity index is 999. The Balaban J connectivity index is 1.93. The van der Waals surface area contributed by atoms with Gasteiger partial charge in [-0.3, -0.25) is 19.8 Å². The number of carbonyl (C=O) groups is 1. The monoisotopic (exact) mass is 411 g/mol. The summed E-state index contributed by atoms with van der Waals surface area (Å²) >= 11 is 1.26. The summed E-state index contributed by atoms with van der Waals surface area (Å²) in [4.78, 5) is 30.2. The maximum atomic E-state index is 12.8. The number of ether oxygens (including phenoxy) is 1. The lowest BCUT2D eigenvalue weighted by Crippen LogP contribution is -2.28. The van der Waals surface area contributed by atoms with Gasteiger partial charge in [-0.1, -0.05) is 25.1 Å². The van der Waals surface area contributed by atoms with Crippen molar-refractivity contribution in [3.63, 3.8) is 0 Å². The zero-order valence-corrected chi connectivity index (χ0v) is 17.2. The maximum Gasteiger partial charge on any atom is 0.311 e. The number of likely N-dealkylation sites (N-methyl/N-ethyl adjacent to an activating group) is 1. The number of methoxy groups -OCH3 is 1. The molecule has 1 saturated heterocycles. The maximum absolute atomic E-state index is 12.8. The first-order valence-corrected chi connectivity index (χ1v) is 10.00. The largest absolute Gasteiger partial charge is 0.490 e. The molecule has 1 aliphatic heterocycles. The number of amidine groups is 1. The van der Waals surface area contributed by atoms with Gasteiger partial charge in [0.2, 0.25) is 0 Å². The molecular weight excluding hydrogens is 390 g/mol. The third kappa shape index (κ3) is 4.48. The van der Waals surface area contributed by atoms with Gasteiger partial charge in [0.25, 0.3) is 5.91 Å². The first-order chi connectivity index (χ1) is 14.0. The van der Waals surface area contributed by atoms with E-state index in [1.807, 2.05) is 31.2 Å². The zero-order valence-electron chi connectivity index (χ0n) is 16.4. The second kappa shape index (κ2) is 8.91. The van der Waals surface area contributed by atoms with Gasteiger partial charge in [-0.15, -0.1) is 0 Å². The number of benzene rings is 2. The van der Waals surface area contributed by atoms with Gasteiger partial charge in [0.15, 0.2) is 10.9 Å². The third-order valence-corrected chi connectivity index (χ3v) is 5.48. The topological polar surface area (TPSA) is 85.0 Å². The van der Waals surface area contributed by atoms with E-state index in [0.29, 0.717) is 22.2 Å². The van der Waals surface area contributed by atoms with Crippen LogP contribution in [0.4, 0.5) is 11.4 Å². The average Bonchev–Trinajstić information content (AvgIpc) is 3.02. The van der Waals surface area contributed by atoms with E-state index in [1.54, 1.807) is 17.0 Å². The molecule has 3 rings (SSSR count). The number of hydrogen-bond donors (Lipinski definition) is 0. The van der Waals surface area contributed by atoms with E-state index in [4.69, 9.17) is 4.74 Å². The minimum atomic E-state index is -0.504. The lowest BCUT2D eigenvalue weighted by Gasteiger charge is -2.12. The van der Waals surface area contributed by atoms with E-state index in [2.05, 4.69) is 11.9 Å². The van der Waals surface area contributed by atoms with E-state index < -0.39 is 4.92 Å². The van der Waals surface area contributed by atoms with Crippen LogP contribution in [0.3, 0.4) is 0 Å². The van der Waals surface area contributed by atoms with Gasteiger partial charge in [0.1, 0.15) is 0 Å². The van der Waals surface area contributed by atoms with Crippen LogP contribution in [0, 0.1) is 10.1 Å². The van der Waals surface area contributed by atoms with Gasteiger partial charge < -0.3 is 4.74 Å². The van der Waals surface area contributed by atoms with E-state index in [9.17, 15) is 14.9 Å². The molecule has 8 heteroatoms. The summed E-state index contributed by atoms with van der Waals surface area (Å²) in [7, 11) is 1.38. The number of hydrogen-bond acceptors (Lipinski definition) is 6. The third-order valence-electron chi connectivity index (χ3n) is 4.47. The van der Waals surface area contributed by atoms with E-state index in [1.165, 1.54) is 36.6 Å². The summed E-state index contributed by atoms with van der Waals surface area (Å²) < 4.78 is 5.03. The predicted octanol–water partition coefficient (Wildman–Crippen LogP) is 4.79. The Morgan fingerprint density at radius 2 is 1.93 bits per heavy atom. The second-order valence-corrected chi connectivity index (χ2v) is 7.27. The minimum Gasteiger partial charge on any atom is -0.490 e. The van der Waals surface area contributed by atoms with E-state index >= 15 is 0 Å². The van der Waals surface area contributed by atoms with Crippen LogP contribution in [0.5, 0.6) is 5.75 Å². The van der Waals surface area contributed by atoms with Crippen molar-refractivity contribution in [1.29, 1.82) is 0 Å². The van der Waals surface area contributed by atoms with Crippen molar-refractivity contribution in [1.82, 2.24) is 4.90 Å². The van der Waals surface area contributed by atoms with Crippen LogP contribution in [0.15, 0.2) is 52.4 Å². The lowest BCUT2D eigenvalue weighted by molar-refractivity contribution is -0.385. The fourth-order valence-corrected chi connectivity index (χ4v) is 3.94. The first kappa shape index (κ1) is 20.6. The molecule has 29 heavy (non-hydrogen) atoms. The number of thioether (sulfide) groups is 1. The fraction of sp³-hybridized carbons (Fsp3) is 0.238. The Kier molecular flexibility index (Phi) is 6.33. The van der Waals surface area contributed by atoms with Crippen molar-refractivity contribution in [2.75, 3.05) is 13.7 Å². The molecule has 1 aliphatic rings. The molecule has 7 nitrogen and oxygen atoms in total. The molecule has 0 aromatic heterocycles. The molecule has 2 aromatic carbocycles.